The molecule has 0 heterocycles. The summed E-state index contributed by atoms with van der Waals surface area (Å²) < 4.78 is 0. The normalized spacial score (nSPS) is 11.9. The van der Waals surface area contributed by atoms with Crippen molar-refractivity contribution in [2.75, 3.05) is 18.0 Å². The molecule has 0 aromatic heterocycles. The molecule has 0 radical (unpaired) electrons. The van der Waals surface area contributed by atoms with Gasteiger partial charge in [0.2, 0.25) is 5.91 Å². The van der Waals surface area contributed by atoms with Crippen molar-refractivity contribution in [2.24, 2.45) is 5.73 Å². The van der Waals surface area contributed by atoms with Crippen LogP contribution in [0, 0.1) is 0 Å². The molecule has 0 bridgehead atoms. The average Bonchev–Trinajstić information content (AvgIpc) is 2.56. The number of amides is 1. The van der Waals surface area contributed by atoms with Gasteiger partial charge in [0.25, 0.3) is 0 Å². The zero-order chi connectivity index (χ0) is 16.8. The van der Waals surface area contributed by atoms with Gasteiger partial charge in [-0.3, -0.25) is 4.79 Å². The molecule has 4 heteroatoms. The highest BCUT2D eigenvalue weighted by molar-refractivity contribution is 5.82. The number of nitrogens with two attached hydrogens (primary N) is 1. The van der Waals surface area contributed by atoms with E-state index >= 15 is 0 Å². The van der Waals surface area contributed by atoms with E-state index in [4.69, 9.17) is 5.73 Å². The van der Waals surface area contributed by atoms with Crippen LogP contribution in [0.3, 0.4) is 0 Å². The number of carbonyl (C=O) groups is 1. The number of hydrogen-bond acceptors (Lipinski definition) is 3. The minimum absolute atomic E-state index is 0.216. The van der Waals surface area contributed by atoms with Crippen molar-refractivity contribution >= 4 is 11.6 Å². The molecule has 2 aromatic rings. The first-order valence-corrected chi connectivity index (χ1v) is 7.97. The van der Waals surface area contributed by atoms with Gasteiger partial charge < -0.3 is 15.7 Å². The summed E-state index contributed by atoms with van der Waals surface area (Å²) in [5, 5.41) is 9.35. The van der Waals surface area contributed by atoms with Crippen LogP contribution in [-0.2, 0) is 11.2 Å². The van der Waals surface area contributed by atoms with Gasteiger partial charge in [0.05, 0.1) is 5.92 Å². The maximum atomic E-state index is 11.9. The van der Waals surface area contributed by atoms with Gasteiger partial charge in [-0.05, 0) is 55.7 Å². The lowest BCUT2D eigenvalue weighted by atomic mass is 9.91. The molecule has 0 fully saturated rings. The Bertz CT molecular complexity index is 631. The van der Waals surface area contributed by atoms with Gasteiger partial charge in [-0.25, -0.2) is 0 Å². The third-order valence-corrected chi connectivity index (χ3v) is 4.14. The second-order valence-electron chi connectivity index (χ2n) is 5.59. The molecule has 1 atom stereocenters. The number of nitrogens with zero attached hydrogens (tertiary/aromatic N) is 1. The Kier molecular flexibility index (Phi) is 5.63. The van der Waals surface area contributed by atoms with Crippen LogP contribution in [0.4, 0.5) is 5.69 Å². The van der Waals surface area contributed by atoms with Gasteiger partial charge in [0.15, 0.2) is 0 Å². The van der Waals surface area contributed by atoms with Crippen molar-refractivity contribution < 1.29 is 9.90 Å². The number of primary amides is 1. The van der Waals surface area contributed by atoms with Crippen molar-refractivity contribution in [3.05, 3.63) is 59.7 Å². The topological polar surface area (TPSA) is 66.6 Å². The fraction of sp³-hybridized carbons (Fsp3) is 0.316. The summed E-state index contributed by atoms with van der Waals surface area (Å²) in [7, 11) is 0. The smallest absolute Gasteiger partial charge is 0.225 e. The molecular formula is C19H24N2O2. The van der Waals surface area contributed by atoms with Gasteiger partial charge >= 0.3 is 0 Å². The van der Waals surface area contributed by atoms with Crippen LogP contribution in [0.15, 0.2) is 48.5 Å². The number of benzene rings is 2. The van der Waals surface area contributed by atoms with Crippen LogP contribution in [0.2, 0.25) is 0 Å². The molecule has 122 valence electrons. The Labute approximate surface area is 137 Å². The molecule has 23 heavy (non-hydrogen) atoms. The third-order valence-electron chi connectivity index (χ3n) is 4.14. The van der Waals surface area contributed by atoms with Crippen LogP contribution in [-0.4, -0.2) is 24.1 Å². The molecule has 4 nitrogen and oxygen atoms in total. The summed E-state index contributed by atoms with van der Waals surface area (Å²) in [6.07, 6.45) is 0.528. The van der Waals surface area contributed by atoms with Crippen LogP contribution < -0.4 is 10.6 Å². The predicted octanol–water partition coefficient (Wildman–Crippen LogP) is 3.05. The van der Waals surface area contributed by atoms with Crippen molar-refractivity contribution in [2.45, 2.75) is 26.2 Å². The molecule has 0 saturated heterocycles. The van der Waals surface area contributed by atoms with Crippen molar-refractivity contribution in [3.63, 3.8) is 0 Å². The fourth-order valence-corrected chi connectivity index (χ4v) is 2.76. The molecule has 2 rings (SSSR count). The van der Waals surface area contributed by atoms with Crippen molar-refractivity contribution in [3.8, 4) is 5.75 Å². The number of anilines is 1. The Hall–Kier alpha value is -2.49. The lowest BCUT2D eigenvalue weighted by Gasteiger charge is -2.22. The summed E-state index contributed by atoms with van der Waals surface area (Å²) in [5.41, 5.74) is 8.63. The maximum Gasteiger partial charge on any atom is 0.225 e. The van der Waals surface area contributed by atoms with Crippen molar-refractivity contribution in [1.82, 2.24) is 0 Å². The van der Waals surface area contributed by atoms with Crippen molar-refractivity contribution in [1.29, 1.82) is 0 Å². The largest absolute Gasteiger partial charge is 0.508 e. The van der Waals surface area contributed by atoms with Gasteiger partial charge in [-0.1, -0.05) is 24.3 Å². The van der Waals surface area contributed by atoms with Gasteiger partial charge in [-0.15, -0.1) is 0 Å². The fourth-order valence-electron chi connectivity index (χ4n) is 2.76. The number of hydrogen-bond donors (Lipinski definition) is 2. The molecule has 1 unspecified atom stereocenters. The Morgan fingerprint density at radius 3 is 2.09 bits per heavy atom. The van der Waals surface area contributed by atoms with E-state index in [1.165, 1.54) is 0 Å². The Morgan fingerprint density at radius 1 is 1.04 bits per heavy atom. The minimum Gasteiger partial charge on any atom is -0.508 e. The molecule has 0 aliphatic carbocycles. The van der Waals surface area contributed by atoms with E-state index in [2.05, 4.69) is 18.7 Å². The summed E-state index contributed by atoms with van der Waals surface area (Å²) in [5.74, 6) is -0.494. The van der Waals surface area contributed by atoms with E-state index in [1.54, 1.807) is 12.1 Å². The van der Waals surface area contributed by atoms with Crippen LogP contribution in [0.1, 0.15) is 30.9 Å². The number of rotatable bonds is 7. The monoisotopic (exact) mass is 312 g/mol. The standard InChI is InChI=1S/C19H24N2O2/c1-3-21(4-2)16-9-7-15(8-10-16)18(19(20)23)13-14-5-11-17(22)12-6-14/h5-12,18,22H,3-4,13H2,1-2H3,(H2,20,23). The van der Waals surface area contributed by atoms with E-state index in [0.717, 1.165) is 29.9 Å². The highest BCUT2D eigenvalue weighted by Crippen LogP contribution is 2.24. The lowest BCUT2D eigenvalue weighted by Crippen LogP contribution is -2.24. The zero-order valence-corrected chi connectivity index (χ0v) is 13.7. The van der Waals surface area contributed by atoms with Crippen LogP contribution >= 0.6 is 0 Å². The molecule has 0 saturated carbocycles. The van der Waals surface area contributed by atoms with E-state index in [1.807, 2.05) is 36.4 Å². The summed E-state index contributed by atoms with van der Waals surface area (Å²) >= 11 is 0. The van der Waals surface area contributed by atoms with Crippen LogP contribution in [0.5, 0.6) is 5.75 Å². The summed E-state index contributed by atoms with van der Waals surface area (Å²) in [4.78, 5) is 14.1. The third kappa shape index (κ3) is 4.25. The predicted molar refractivity (Wildman–Crippen MR) is 93.7 cm³/mol. The molecule has 3 N–H and O–H groups in total. The molecular weight excluding hydrogens is 288 g/mol. The second kappa shape index (κ2) is 7.68. The maximum absolute atomic E-state index is 11.9. The van der Waals surface area contributed by atoms with E-state index in [0.29, 0.717) is 6.42 Å². The number of aromatic hydroxyl groups is 1. The molecule has 2 aromatic carbocycles. The van der Waals surface area contributed by atoms with E-state index < -0.39 is 0 Å². The number of carbonyl (C=O) groups excluding carboxylic acids is 1. The van der Waals surface area contributed by atoms with Gasteiger partial charge in [0.1, 0.15) is 5.75 Å². The first kappa shape index (κ1) is 16.9. The highest BCUT2D eigenvalue weighted by Gasteiger charge is 2.18. The number of phenols is 1. The Balaban J connectivity index is 2.20. The number of phenolic OH excluding ortho intramolecular Hbond substituents is 1. The Morgan fingerprint density at radius 2 is 1.61 bits per heavy atom. The average molecular weight is 312 g/mol. The van der Waals surface area contributed by atoms with Gasteiger partial charge in [-0.2, -0.15) is 0 Å². The molecule has 0 aliphatic rings. The summed E-state index contributed by atoms with van der Waals surface area (Å²) in [6.45, 7) is 6.13. The highest BCUT2D eigenvalue weighted by atomic mass is 16.3. The zero-order valence-electron chi connectivity index (χ0n) is 13.7. The SMILES string of the molecule is CCN(CC)c1ccc(C(Cc2ccc(O)cc2)C(N)=O)cc1. The first-order valence-electron chi connectivity index (χ1n) is 7.97. The lowest BCUT2D eigenvalue weighted by molar-refractivity contribution is -0.119. The van der Waals surface area contributed by atoms with Gasteiger partial charge in [0, 0.05) is 18.8 Å². The molecule has 0 aliphatic heterocycles. The quantitative estimate of drug-likeness (QED) is 0.826. The second-order valence-corrected chi connectivity index (χ2v) is 5.59. The molecule has 0 spiro atoms. The minimum atomic E-state index is -0.370. The van der Waals surface area contributed by atoms with E-state index in [9.17, 15) is 9.90 Å². The van der Waals surface area contributed by atoms with E-state index in [-0.39, 0.29) is 17.6 Å². The summed E-state index contributed by atoms with van der Waals surface area (Å²) in [6, 6.07) is 14.9. The molecule has 1 amide bonds. The first-order chi connectivity index (χ1) is 11.0. The van der Waals surface area contributed by atoms with Crippen LogP contribution in [0.25, 0.3) is 0 Å².